The number of halogens is 3. The first kappa shape index (κ1) is 22.3. The highest BCUT2D eigenvalue weighted by Crippen LogP contribution is 2.30. The highest BCUT2D eigenvalue weighted by atomic mass is 32.1. The second kappa shape index (κ2) is 9.61. The fraction of sp³-hybridized carbons (Fsp3) is 0.190. The third-order valence-electron chi connectivity index (χ3n) is 4.21. The van der Waals surface area contributed by atoms with Crippen molar-refractivity contribution in [3.05, 3.63) is 65.5 Å². The smallest absolute Gasteiger partial charge is 0.481 e. The van der Waals surface area contributed by atoms with Crippen molar-refractivity contribution in [2.45, 2.75) is 19.2 Å². The zero-order valence-corrected chi connectivity index (χ0v) is 16.7. The Morgan fingerprint density at radius 2 is 1.87 bits per heavy atom. The Morgan fingerprint density at radius 1 is 1.13 bits per heavy atom. The summed E-state index contributed by atoms with van der Waals surface area (Å²) in [6.07, 6.45) is -4.92. The van der Waals surface area contributed by atoms with Gasteiger partial charge in [0.05, 0.1) is 18.0 Å². The monoisotopic (exact) mass is 450 g/mol. The van der Waals surface area contributed by atoms with Crippen molar-refractivity contribution in [3.63, 3.8) is 0 Å². The average Bonchev–Trinajstić information content (AvgIpc) is 3.15. The van der Waals surface area contributed by atoms with Crippen molar-refractivity contribution in [2.75, 3.05) is 5.32 Å². The first-order valence-electron chi connectivity index (χ1n) is 9.08. The summed E-state index contributed by atoms with van der Waals surface area (Å²) in [6.45, 7) is 0. The van der Waals surface area contributed by atoms with Gasteiger partial charge in [-0.3, -0.25) is 9.59 Å². The van der Waals surface area contributed by atoms with Crippen LogP contribution >= 0.6 is 11.3 Å². The van der Waals surface area contributed by atoms with Crippen LogP contribution in [0.25, 0.3) is 11.3 Å². The van der Waals surface area contributed by atoms with Crippen LogP contribution < -0.4 is 10.1 Å². The first-order valence-corrected chi connectivity index (χ1v) is 9.96. The van der Waals surface area contributed by atoms with Crippen LogP contribution in [-0.2, 0) is 16.0 Å². The summed E-state index contributed by atoms with van der Waals surface area (Å²) in [5.41, 5.74) is 1.56. The summed E-state index contributed by atoms with van der Waals surface area (Å²) in [5.74, 6) is -2.79. The molecule has 31 heavy (non-hydrogen) atoms. The molecule has 0 fully saturated rings. The van der Waals surface area contributed by atoms with Gasteiger partial charge < -0.3 is 15.2 Å². The molecule has 3 rings (SSSR count). The Morgan fingerprint density at radius 3 is 2.55 bits per heavy atom. The summed E-state index contributed by atoms with van der Waals surface area (Å²) in [7, 11) is 0. The van der Waals surface area contributed by atoms with E-state index >= 15 is 0 Å². The largest absolute Gasteiger partial charge is 0.573 e. The summed E-state index contributed by atoms with van der Waals surface area (Å²) < 4.78 is 41.2. The Bertz CT molecular complexity index is 1050. The molecule has 162 valence electrons. The Labute approximate surface area is 179 Å². The molecule has 0 unspecified atom stereocenters. The number of aliphatic carboxylic acids is 1. The number of rotatable bonds is 8. The van der Waals surface area contributed by atoms with E-state index in [0.717, 1.165) is 16.9 Å². The maximum absolute atomic E-state index is 12.7. The summed E-state index contributed by atoms with van der Waals surface area (Å²) in [4.78, 5) is 28.1. The molecule has 0 aliphatic carbocycles. The molecule has 1 atom stereocenters. The number of aromatic nitrogens is 1. The zero-order valence-electron chi connectivity index (χ0n) is 15.9. The lowest BCUT2D eigenvalue weighted by molar-refractivity contribution is -0.274. The zero-order chi connectivity index (χ0) is 22.4. The van der Waals surface area contributed by atoms with Crippen molar-refractivity contribution in [3.8, 4) is 17.0 Å². The van der Waals surface area contributed by atoms with Gasteiger partial charge in [-0.1, -0.05) is 42.5 Å². The second-order valence-electron chi connectivity index (χ2n) is 6.59. The van der Waals surface area contributed by atoms with E-state index in [-0.39, 0.29) is 23.7 Å². The molecular weight excluding hydrogens is 433 g/mol. The molecule has 0 saturated heterocycles. The van der Waals surface area contributed by atoms with Crippen molar-refractivity contribution >= 4 is 28.3 Å². The molecule has 0 bridgehead atoms. The molecule has 0 aliphatic rings. The molecule has 1 aromatic heterocycles. The van der Waals surface area contributed by atoms with Crippen LogP contribution in [0.2, 0.25) is 0 Å². The van der Waals surface area contributed by atoms with Gasteiger partial charge in [0.25, 0.3) is 0 Å². The van der Waals surface area contributed by atoms with Gasteiger partial charge in [0.1, 0.15) is 5.75 Å². The summed E-state index contributed by atoms with van der Waals surface area (Å²) >= 11 is 1.08. The van der Waals surface area contributed by atoms with E-state index in [4.69, 9.17) is 5.11 Å². The Kier molecular flexibility index (Phi) is 6.91. The standard InChI is InChI=1S/C21H17F3N2O4S/c22-21(23,24)30-16-8-4-7-14(10-16)17-12-31-20(25-17)26-19(29)15(11-18(27)28)9-13-5-2-1-3-6-13/h1-8,10,12,15H,9,11H2,(H,27,28)(H,25,26,29)/t15-/m1/s1. The second-order valence-corrected chi connectivity index (χ2v) is 7.45. The number of anilines is 1. The molecule has 1 heterocycles. The number of thiazole rings is 1. The number of nitrogens with one attached hydrogen (secondary N) is 1. The van der Waals surface area contributed by atoms with Crippen LogP contribution in [0.3, 0.4) is 0 Å². The number of alkyl halides is 3. The van der Waals surface area contributed by atoms with E-state index < -0.39 is 24.2 Å². The van der Waals surface area contributed by atoms with Crippen molar-refractivity contribution in [2.24, 2.45) is 5.92 Å². The summed E-state index contributed by atoms with van der Waals surface area (Å²) in [6, 6.07) is 14.4. The van der Waals surface area contributed by atoms with Gasteiger partial charge in [0, 0.05) is 10.9 Å². The molecule has 0 saturated carbocycles. The van der Waals surface area contributed by atoms with Crippen LogP contribution in [-0.4, -0.2) is 28.3 Å². The van der Waals surface area contributed by atoms with E-state index in [1.807, 2.05) is 6.07 Å². The number of carbonyl (C=O) groups excluding carboxylic acids is 1. The van der Waals surface area contributed by atoms with E-state index in [9.17, 15) is 22.8 Å². The van der Waals surface area contributed by atoms with Gasteiger partial charge in [0.15, 0.2) is 5.13 Å². The van der Waals surface area contributed by atoms with Crippen LogP contribution in [0.1, 0.15) is 12.0 Å². The van der Waals surface area contributed by atoms with Gasteiger partial charge in [-0.15, -0.1) is 24.5 Å². The number of hydrogen-bond donors (Lipinski definition) is 2. The molecular formula is C21H17F3N2O4S. The van der Waals surface area contributed by atoms with E-state index in [1.54, 1.807) is 35.7 Å². The van der Waals surface area contributed by atoms with Gasteiger partial charge in [0.2, 0.25) is 5.91 Å². The quantitative estimate of drug-likeness (QED) is 0.505. The van der Waals surface area contributed by atoms with E-state index in [2.05, 4.69) is 15.0 Å². The minimum Gasteiger partial charge on any atom is -0.481 e. The van der Waals surface area contributed by atoms with Crippen LogP contribution in [0.15, 0.2) is 60.0 Å². The van der Waals surface area contributed by atoms with Gasteiger partial charge in [-0.2, -0.15) is 0 Å². The molecule has 0 spiro atoms. The molecule has 2 aromatic carbocycles. The number of nitrogens with zero attached hydrogens (tertiary/aromatic N) is 1. The lowest BCUT2D eigenvalue weighted by Gasteiger charge is -2.14. The van der Waals surface area contributed by atoms with Crippen molar-refractivity contribution < 1.29 is 32.6 Å². The Balaban J connectivity index is 1.72. The van der Waals surface area contributed by atoms with Crippen molar-refractivity contribution in [1.29, 1.82) is 0 Å². The predicted octanol–water partition coefficient (Wildman–Crippen LogP) is 4.98. The highest BCUT2D eigenvalue weighted by Gasteiger charge is 2.31. The third-order valence-corrected chi connectivity index (χ3v) is 4.97. The number of benzene rings is 2. The minimum absolute atomic E-state index is 0.214. The fourth-order valence-corrected chi connectivity index (χ4v) is 3.61. The minimum atomic E-state index is -4.81. The number of carbonyl (C=O) groups is 2. The highest BCUT2D eigenvalue weighted by molar-refractivity contribution is 7.14. The fourth-order valence-electron chi connectivity index (χ4n) is 2.89. The number of hydrogen-bond acceptors (Lipinski definition) is 5. The average molecular weight is 450 g/mol. The first-order chi connectivity index (χ1) is 14.7. The molecule has 0 radical (unpaired) electrons. The number of ether oxygens (including phenoxy) is 1. The van der Waals surface area contributed by atoms with Gasteiger partial charge in [-0.25, -0.2) is 4.98 Å². The SMILES string of the molecule is O=C(O)C[C@@H](Cc1ccccc1)C(=O)Nc1nc(-c2cccc(OC(F)(F)F)c2)cs1. The number of amides is 1. The Hall–Kier alpha value is -3.40. The normalized spacial score (nSPS) is 12.2. The maximum atomic E-state index is 12.7. The predicted molar refractivity (Wildman–Crippen MR) is 109 cm³/mol. The van der Waals surface area contributed by atoms with Crippen LogP contribution in [0.4, 0.5) is 18.3 Å². The molecule has 6 nitrogen and oxygen atoms in total. The van der Waals surface area contributed by atoms with Gasteiger partial charge >= 0.3 is 12.3 Å². The number of carboxylic acids is 1. The third kappa shape index (κ3) is 6.82. The molecule has 1 amide bonds. The van der Waals surface area contributed by atoms with E-state index in [1.165, 1.54) is 18.2 Å². The molecule has 2 N–H and O–H groups in total. The lowest BCUT2D eigenvalue weighted by Crippen LogP contribution is -2.27. The van der Waals surface area contributed by atoms with Crippen LogP contribution in [0, 0.1) is 5.92 Å². The van der Waals surface area contributed by atoms with E-state index in [0.29, 0.717) is 11.3 Å². The molecule has 3 aromatic rings. The molecule has 10 heteroatoms. The topological polar surface area (TPSA) is 88.5 Å². The lowest BCUT2D eigenvalue weighted by atomic mass is 9.95. The summed E-state index contributed by atoms with van der Waals surface area (Å²) in [5, 5.41) is 13.5. The molecule has 0 aliphatic heterocycles. The van der Waals surface area contributed by atoms with Crippen LogP contribution in [0.5, 0.6) is 5.75 Å². The number of carboxylic acid groups (broad SMARTS) is 1. The maximum Gasteiger partial charge on any atom is 0.573 e. The van der Waals surface area contributed by atoms with Gasteiger partial charge in [-0.05, 0) is 24.1 Å². The van der Waals surface area contributed by atoms with Crippen molar-refractivity contribution in [1.82, 2.24) is 4.98 Å².